The van der Waals surface area contributed by atoms with Crippen molar-refractivity contribution in [2.45, 2.75) is 25.8 Å². The van der Waals surface area contributed by atoms with Crippen molar-refractivity contribution in [3.8, 4) is 0 Å². The highest BCUT2D eigenvalue weighted by Crippen LogP contribution is 2.07. The zero-order valence-electron chi connectivity index (χ0n) is 36.6. The van der Waals surface area contributed by atoms with Gasteiger partial charge in [-0.1, -0.05) is 30.3 Å². The molecule has 64 heavy (non-hydrogen) atoms. The highest BCUT2D eigenvalue weighted by atomic mass is 16.5. The lowest BCUT2D eigenvalue weighted by atomic mass is 10.1. The quantitative estimate of drug-likeness (QED) is 0.0418. The van der Waals surface area contributed by atoms with Gasteiger partial charge in [-0.2, -0.15) is 0 Å². The Balaban J connectivity index is 1.35. The molecule has 5 N–H and O–H groups in total. The normalized spacial score (nSPS) is 15.2. The average molecular weight is 901 g/mol. The van der Waals surface area contributed by atoms with Gasteiger partial charge >= 0.3 is 0 Å². The number of rotatable bonds is 22. The van der Waals surface area contributed by atoms with Crippen LogP contribution in [0.5, 0.6) is 0 Å². The lowest BCUT2D eigenvalue weighted by Crippen LogP contribution is -2.52. The number of hydrogen-bond donors (Lipinski definition) is 5. The molecule has 1 aromatic rings. The van der Waals surface area contributed by atoms with Crippen LogP contribution in [0, 0.1) is 0 Å². The number of benzene rings is 1. The molecule has 1 fully saturated rings. The molecule has 3 rings (SSSR count). The Labute approximate surface area is 371 Å². The second-order valence-electron chi connectivity index (χ2n) is 14.7. The Morgan fingerprint density at radius 1 is 0.719 bits per heavy atom. The molecule has 352 valence electrons. The molecule has 2 heterocycles. The first-order chi connectivity index (χ1) is 30.6. The highest BCUT2D eigenvalue weighted by Gasteiger charge is 2.26. The summed E-state index contributed by atoms with van der Waals surface area (Å²) in [4.78, 5) is 131. The Hall–Kier alpha value is -6.30. The SMILES string of the molecule is CC(=O)N(C)CCN(C)C(=O)COCNC(=O)CNC(=O)[C@H](Cc1ccccc1)NC(=O)CNC(=O)CNC(=O)CN1CCOCCN(C(=O)CCN2C(=O)C=CC2=O)CCOCC1. The van der Waals surface area contributed by atoms with E-state index >= 15 is 0 Å². The van der Waals surface area contributed by atoms with Gasteiger partial charge in [0.25, 0.3) is 11.8 Å². The molecule has 2 aliphatic heterocycles. The van der Waals surface area contributed by atoms with E-state index in [4.69, 9.17) is 14.2 Å². The summed E-state index contributed by atoms with van der Waals surface area (Å²) < 4.78 is 16.6. The van der Waals surface area contributed by atoms with Gasteiger partial charge < -0.3 is 55.5 Å². The number of carbonyl (C=O) groups excluding carboxylic acids is 10. The van der Waals surface area contributed by atoms with Crippen molar-refractivity contribution in [2.75, 3.05) is 126 Å². The van der Waals surface area contributed by atoms with Crippen LogP contribution in [0.4, 0.5) is 0 Å². The molecule has 10 amide bonds. The predicted octanol–water partition coefficient (Wildman–Crippen LogP) is -4.42. The van der Waals surface area contributed by atoms with Gasteiger partial charge in [-0.3, -0.25) is 57.7 Å². The number of imide groups is 1. The van der Waals surface area contributed by atoms with Gasteiger partial charge in [0.15, 0.2) is 0 Å². The zero-order chi connectivity index (χ0) is 46.9. The van der Waals surface area contributed by atoms with Crippen LogP contribution in [-0.2, 0) is 68.6 Å². The molecule has 0 aromatic heterocycles. The summed E-state index contributed by atoms with van der Waals surface area (Å²) in [5, 5.41) is 12.4. The highest BCUT2D eigenvalue weighted by molar-refractivity contribution is 6.13. The number of hydrogen-bond acceptors (Lipinski definition) is 14. The van der Waals surface area contributed by atoms with Gasteiger partial charge in [-0.25, -0.2) is 0 Å². The summed E-state index contributed by atoms with van der Waals surface area (Å²) in [7, 11) is 3.18. The minimum atomic E-state index is -1.12. The van der Waals surface area contributed by atoms with E-state index in [0.717, 1.165) is 4.90 Å². The fourth-order valence-electron chi connectivity index (χ4n) is 5.89. The third-order valence-electron chi connectivity index (χ3n) is 9.87. The summed E-state index contributed by atoms with van der Waals surface area (Å²) >= 11 is 0. The second kappa shape index (κ2) is 28.4. The molecule has 2 aliphatic rings. The first kappa shape index (κ1) is 52.0. The van der Waals surface area contributed by atoms with E-state index in [1.165, 1.54) is 28.9 Å². The molecule has 23 nitrogen and oxygen atoms in total. The van der Waals surface area contributed by atoms with Crippen LogP contribution in [0.15, 0.2) is 42.5 Å². The molecule has 23 heteroatoms. The molecule has 1 atom stereocenters. The van der Waals surface area contributed by atoms with E-state index in [-0.39, 0.29) is 96.5 Å². The van der Waals surface area contributed by atoms with Crippen molar-refractivity contribution in [3.05, 3.63) is 48.0 Å². The molecular weight excluding hydrogens is 841 g/mol. The minimum absolute atomic E-state index is 0.0214. The Kier molecular flexibility index (Phi) is 23.1. The van der Waals surface area contributed by atoms with Crippen molar-refractivity contribution in [1.82, 2.24) is 51.1 Å². The summed E-state index contributed by atoms with van der Waals surface area (Å²) in [6.07, 6.45) is 2.38. The van der Waals surface area contributed by atoms with Gasteiger partial charge in [0.05, 0.1) is 52.6 Å². The number of nitrogens with one attached hydrogen (secondary N) is 5. The molecule has 0 spiro atoms. The maximum Gasteiger partial charge on any atom is 0.253 e. The smallest absolute Gasteiger partial charge is 0.253 e. The van der Waals surface area contributed by atoms with Gasteiger partial charge in [0, 0.05) is 91.8 Å². The number of amides is 10. The summed E-state index contributed by atoms with van der Waals surface area (Å²) in [5.74, 6) is -4.75. The second-order valence-corrected chi connectivity index (χ2v) is 14.7. The summed E-state index contributed by atoms with van der Waals surface area (Å²) in [5.41, 5.74) is 0.714. The van der Waals surface area contributed by atoms with Crippen LogP contribution in [0.25, 0.3) is 0 Å². The van der Waals surface area contributed by atoms with Crippen LogP contribution in [-0.4, -0.2) is 215 Å². The van der Waals surface area contributed by atoms with Gasteiger partial charge in [-0.05, 0) is 5.56 Å². The molecule has 0 saturated carbocycles. The predicted molar refractivity (Wildman–Crippen MR) is 226 cm³/mol. The Bertz CT molecular complexity index is 1780. The molecule has 1 saturated heterocycles. The maximum absolute atomic E-state index is 13.1. The number of likely N-dealkylation sites (N-methyl/N-ethyl adjacent to an activating group) is 2. The van der Waals surface area contributed by atoms with Gasteiger partial charge in [-0.15, -0.1) is 0 Å². The molecule has 0 radical (unpaired) electrons. The number of ether oxygens (including phenoxy) is 3. The lowest BCUT2D eigenvalue weighted by Gasteiger charge is -2.26. The van der Waals surface area contributed by atoms with E-state index < -0.39 is 67.0 Å². The lowest BCUT2D eigenvalue weighted by molar-refractivity contribution is -0.139. The fraction of sp³-hybridized carbons (Fsp3) is 0.561. The first-order valence-corrected chi connectivity index (χ1v) is 20.8. The van der Waals surface area contributed by atoms with E-state index in [1.54, 1.807) is 54.2 Å². The molecule has 0 bridgehead atoms. The first-order valence-electron chi connectivity index (χ1n) is 20.8. The van der Waals surface area contributed by atoms with Crippen molar-refractivity contribution in [3.63, 3.8) is 0 Å². The van der Waals surface area contributed by atoms with Crippen molar-refractivity contribution in [1.29, 1.82) is 0 Å². The topological polar surface area (TPSA) is 275 Å². The van der Waals surface area contributed by atoms with Crippen LogP contribution < -0.4 is 26.6 Å². The zero-order valence-corrected chi connectivity index (χ0v) is 36.6. The van der Waals surface area contributed by atoms with E-state index in [2.05, 4.69) is 26.6 Å². The molecule has 0 aliphatic carbocycles. The van der Waals surface area contributed by atoms with E-state index in [9.17, 15) is 47.9 Å². The number of carbonyl (C=O) groups is 10. The van der Waals surface area contributed by atoms with Crippen LogP contribution in [0.3, 0.4) is 0 Å². The summed E-state index contributed by atoms with van der Waals surface area (Å²) in [6, 6.07) is 7.69. The molecular formula is C41H60N10O13. The van der Waals surface area contributed by atoms with Gasteiger partial charge in [0.1, 0.15) is 19.4 Å². The third-order valence-corrected chi connectivity index (χ3v) is 9.87. The summed E-state index contributed by atoms with van der Waals surface area (Å²) in [6.45, 7) is 2.08. The Morgan fingerprint density at radius 2 is 1.28 bits per heavy atom. The number of nitrogens with zero attached hydrogens (tertiary/aromatic N) is 5. The standard InChI is InChI=1S/C41H60N10O13/c1-30(52)47(2)13-14-48(3)40(60)28-64-29-45-34(54)25-44-41(61)32(23-31-7-5-4-6-8-31)46-35(55)26-42-33(53)24-43-36(56)27-49-15-19-62-21-17-50(18-22-63-20-16-49)37(57)11-12-51-38(58)9-10-39(51)59/h4-10,32H,11-29H2,1-3H3,(H,42,53)(H,43,56)(H,44,61)(H,45,54)(H,46,55)/t32-/m0/s1. The van der Waals surface area contributed by atoms with Crippen molar-refractivity contribution >= 4 is 59.1 Å². The van der Waals surface area contributed by atoms with Crippen LogP contribution >= 0.6 is 0 Å². The molecule has 1 aromatic carbocycles. The largest absolute Gasteiger partial charge is 0.378 e. The van der Waals surface area contributed by atoms with E-state index in [0.29, 0.717) is 31.7 Å². The van der Waals surface area contributed by atoms with E-state index in [1.807, 2.05) is 0 Å². The molecule has 0 unspecified atom stereocenters. The average Bonchev–Trinajstić information content (AvgIpc) is 3.59. The Morgan fingerprint density at radius 3 is 1.92 bits per heavy atom. The van der Waals surface area contributed by atoms with Crippen molar-refractivity contribution in [2.24, 2.45) is 0 Å². The maximum atomic E-state index is 13.1. The monoisotopic (exact) mass is 900 g/mol. The van der Waals surface area contributed by atoms with Gasteiger partial charge in [0.2, 0.25) is 47.3 Å². The fourth-order valence-corrected chi connectivity index (χ4v) is 5.89. The van der Waals surface area contributed by atoms with Crippen LogP contribution in [0.1, 0.15) is 18.9 Å². The van der Waals surface area contributed by atoms with Crippen molar-refractivity contribution < 1.29 is 62.2 Å². The third kappa shape index (κ3) is 20.3. The van der Waals surface area contributed by atoms with Crippen LogP contribution in [0.2, 0.25) is 0 Å². The minimum Gasteiger partial charge on any atom is -0.378 e.